The summed E-state index contributed by atoms with van der Waals surface area (Å²) in [6.07, 6.45) is 1.20. The Balaban J connectivity index is 2.09. The van der Waals surface area contributed by atoms with E-state index in [2.05, 4.69) is 30.6 Å². The first-order valence-corrected chi connectivity index (χ1v) is 6.88. The molecule has 0 saturated carbocycles. The number of ether oxygens (including phenoxy) is 1. The van der Waals surface area contributed by atoms with Crippen molar-refractivity contribution < 1.29 is 4.74 Å². The van der Waals surface area contributed by atoms with E-state index in [1.807, 2.05) is 0 Å². The molecule has 0 aromatic rings. The zero-order valence-corrected chi connectivity index (χ0v) is 11.5. The Bertz CT molecular complexity index is 259. The van der Waals surface area contributed by atoms with Gasteiger partial charge < -0.3 is 10.5 Å². The van der Waals surface area contributed by atoms with Gasteiger partial charge in [-0.05, 0) is 27.2 Å². The van der Waals surface area contributed by atoms with Crippen LogP contribution in [0.3, 0.4) is 0 Å². The van der Waals surface area contributed by atoms with Crippen LogP contribution in [0, 0.1) is 0 Å². The molecule has 2 saturated heterocycles. The molecule has 100 valence electrons. The minimum atomic E-state index is 0.188. The molecule has 0 amide bonds. The normalized spacial score (nSPS) is 36.9. The molecule has 4 heteroatoms. The number of rotatable bonds is 3. The summed E-state index contributed by atoms with van der Waals surface area (Å²) in [5.41, 5.74) is 6.30. The predicted molar refractivity (Wildman–Crippen MR) is 70.1 cm³/mol. The van der Waals surface area contributed by atoms with Crippen LogP contribution in [0.25, 0.3) is 0 Å². The third-order valence-corrected chi connectivity index (χ3v) is 4.45. The molecule has 4 nitrogen and oxygen atoms in total. The van der Waals surface area contributed by atoms with Gasteiger partial charge in [-0.3, -0.25) is 9.80 Å². The fourth-order valence-corrected chi connectivity index (χ4v) is 3.28. The predicted octanol–water partition coefficient (Wildman–Crippen LogP) is 0.519. The van der Waals surface area contributed by atoms with Gasteiger partial charge in [-0.25, -0.2) is 0 Å². The average molecular weight is 241 g/mol. The van der Waals surface area contributed by atoms with Gasteiger partial charge in [0.05, 0.1) is 13.2 Å². The lowest BCUT2D eigenvalue weighted by Gasteiger charge is -2.46. The van der Waals surface area contributed by atoms with E-state index >= 15 is 0 Å². The van der Waals surface area contributed by atoms with E-state index < -0.39 is 0 Å². The van der Waals surface area contributed by atoms with Crippen molar-refractivity contribution in [2.24, 2.45) is 5.73 Å². The summed E-state index contributed by atoms with van der Waals surface area (Å²) < 4.78 is 5.54. The fraction of sp³-hybridized carbons (Fsp3) is 1.00. The summed E-state index contributed by atoms with van der Waals surface area (Å²) in [6.45, 7) is 12.6. The van der Waals surface area contributed by atoms with Crippen LogP contribution < -0.4 is 5.73 Å². The lowest BCUT2D eigenvalue weighted by molar-refractivity contribution is -0.0537. The lowest BCUT2D eigenvalue weighted by Crippen LogP contribution is -2.62. The smallest absolute Gasteiger partial charge is 0.0620 e. The Hall–Kier alpha value is -0.160. The number of nitrogens with two attached hydrogens (primary N) is 1. The molecule has 2 N–H and O–H groups in total. The summed E-state index contributed by atoms with van der Waals surface area (Å²) in [7, 11) is 0. The maximum atomic E-state index is 6.12. The first kappa shape index (κ1) is 13.3. The van der Waals surface area contributed by atoms with Crippen LogP contribution in [0.15, 0.2) is 0 Å². The van der Waals surface area contributed by atoms with Crippen LogP contribution >= 0.6 is 0 Å². The quantitative estimate of drug-likeness (QED) is 0.782. The van der Waals surface area contributed by atoms with E-state index in [9.17, 15) is 0 Å². The summed E-state index contributed by atoms with van der Waals surface area (Å²) in [4.78, 5) is 5.15. The van der Waals surface area contributed by atoms with Crippen molar-refractivity contribution in [3.05, 3.63) is 0 Å². The molecule has 17 heavy (non-hydrogen) atoms. The third-order valence-electron chi connectivity index (χ3n) is 4.45. The molecule has 2 aliphatic heterocycles. The van der Waals surface area contributed by atoms with Crippen LogP contribution in [-0.2, 0) is 4.74 Å². The zero-order chi connectivity index (χ0) is 12.5. The molecule has 2 fully saturated rings. The van der Waals surface area contributed by atoms with Crippen LogP contribution in [0.4, 0.5) is 0 Å². The van der Waals surface area contributed by atoms with E-state index in [0.29, 0.717) is 12.1 Å². The monoisotopic (exact) mass is 241 g/mol. The summed E-state index contributed by atoms with van der Waals surface area (Å²) in [6, 6.07) is 1.12. The molecule has 0 aromatic carbocycles. The van der Waals surface area contributed by atoms with E-state index in [0.717, 1.165) is 32.8 Å². The highest BCUT2D eigenvalue weighted by Gasteiger charge is 2.44. The Kier molecular flexibility index (Phi) is 4.08. The SMILES string of the molecule is CC(C)N1CCC(CN)(N2CCOCC2C)C1. The van der Waals surface area contributed by atoms with Gasteiger partial charge in [0.15, 0.2) is 0 Å². The minimum Gasteiger partial charge on any atom is -0.379 e. The van der Waals surface area contributed by atoms with Gasteiger partial charge in [0.2, 0.25) is 0 Å². The topological polar surface area (TPSA) is 41.7 Å². The van der Waals surface area contributed by atoms with E-state index in [4.69, 9.17) is 10.5 Å². The Morgan fingerprint density at radius 2 is 2.18 bits per heavy atom. The number of hydrogen-bond acceptors (Lipinski definition) is 4. The number of likely N-dealkylation sites (tertiary alicyclic amines) is 1. The van der Waals surface area contributed by atoms with E-state index in [1.54, 1.807) is 0 Å². The van der Waals surface area contributed by atoms with Gasteiger partial charge in [0, 0.05) is 43.8 Å². The lowest BCUT2D eigenvalue weighted by atomic mass is 9.93. The van der Waals surface area contributed by atoms with E-state index in [1.165, 1.54) is 13.0 Å². The number of hydrogen-bond donors (Lipinski definition) is 1. The highest BCUT2D eigenvalue weighted by molar-refractivity contribution is 5.02. The zero-order valence-electron chi connectivity index (χ0n) is 11.5. The molecule has 2 atom stereocenters. The maximum Gasteiger partial charge on any atom is 0.0620 e. The molecule has 0 bridgehead atoms. The van der Waals surface area contributed by atoms with Crippen molar-refractivity contribution in [3.63, 3.8) is 0 Å². The second kappa shape index (κ2) is 5.22. The van der Waals surface area contributed by atoms with Crippen molar-refractivity contribution in [2.45, 2.75) is 44.8 Å². The molecule has 0 aromatic heterocycles. The Labute approximate surface area is 105 Å². The fourth-order valence-electron chi connectivity index (χ4n) is 3.28. The average Bonchev–Trinajstić information content (AvgIpc) is 2.75. The molecule has 2 rings (SSSR count). The summed E-state index contributed by atoms with van der Waals surface area (Å²) in [5.74, 6) is 0. The summed E-state index contributed by atoms with van der Waals surface area (Å²) >= 11 is 0. The molecule has 2 heterocycles. The van der Waals surface area contributed by atoms with Gasteiger partial charge in [-0.15, -0.1) is 0 Å². The van der Waals surface area contributed by atoms with Crippen molar-refractivity contribution in [1.82, 2.24) is 9.80 Å². The highest BCUT2D eigenvalue weighted by atomic mass is 16.5. The molecular formula is C13H27N3O. The maximum absolute atomic E-state index is 6.12. The number of nitrogens with zero attached hydrogens (tertiary/aromatic N) is 2. The minimum absolute atomic E-state index is 0.188. The second-order valence-electron chi connectivity index (χ2n) is 5.86. The first-order chi connectivity index (χ1) is 8.09. The molecular weight excluding hydrogens is 214 g/mol. The second-order valence-corrected chi connectivity index (χ2v) is 5.86. The Morgan fingerprint density at radius 1 is 1.41 bits per heavy atom. The van der Waals surface area contributed by atoms with Crippen molar-refractivity contribution in [3.8, 4) is 0 Å². The van der Waals surface area contributed by atoms with Crippen LogP contribution in [0.5, 0.6) is 0 Å². The molecule has 2 unspecified atom stereocenters. The van der Waals surface area contributed by atoms with Crippen molar-refractivity contribution >= 4 is 0 Å². The van der Waals surface area contributed by atoms with Crippen LogP contribution in [0.1, 0.15) is 27.2 Å². The largest absolute Gasteiger partial charge is 0.379 e. The Morgan fingerprint density at radius 3 is 2.71 bits per heavy atom. The van der Waals surface area contributed by atoms with Crippen LogP contribution in [-0.4, -0.2) is 66.8 Å². The van der Waals surface area contributed by atoms with Gasteiger partial charge in [0.1, 0.15) is 0 Å². The van der Waals surface area contributed by atoms with Gasteiger partial charge >= 0.3 is 0 Å². The highest BCUT2D eigenvalue weighted by Crippen LogP contribution is 2.31. The van der Waals surface area contributed by atoms with Gasteiger partial charge in [-0.2, -0.15) is 0 Å². The molecule has 0 spiro atoms. The number of morpholine rings is 1. The van der Waals surface area contributed by atoms with Gasteiger partial charge in [0.25, 0.3) is 0 Å². The van der Waals surface area contributed by atoms with Gasteiger partial charge in [-0.1, -0.05) is 0 Å². The standard InChI is InChI=1S/C13H27N3O/c1-11(2)15-5-4-13(9-14,10-15)16-6-7-17-8-12(16)3/h11-12H,4-10,14H2,1-3H3. The third kappa shape index (κ3) is 2.50. The van der Waals surface area contributed by atoms with E-state index in [-0.39, 0.29) is 5.54 Å². The summed E-state index contributed by atoms with van der Waals surface area (Å²) in [5, 5.41) is 0. The molecule has 2 aliphatic rings. The first-order valence-electron chi connectivity index (χ1n) is 6.88. The van der Waals surface area contributed by atoms with Crippen LogP contribution in [0.2, 0.25) is 0 Å². The molecule has 0 aliphatic carbocycles. The molecule has 0 radical (unpaired) electrons. The van der Waals surface area contributed by atoms with Crippen molar-refractivity contribution in [2.75, 3.05) is 39.4 Å². The van der Waals surface area contributed by atoms with Crippen molar-refractivity contribution in [1.29, 1.82) is 0 Å².